The first-order valence-electron chi connectivity index (χ1n) is 5.17. The summed E-state index contributed by atoms with van der Waals surface area (Å²) in [6, 6.07) is 0.775. The Balaban J connectivity index is 2.40. The molecule has 0 radical (unpaired) electrons. The molecule has 1 N–H and O–H groups in total. The lowest BCUT2D eigenvalue weighted by Gasteiger charge is -2.24. The molecule has 0 bridgehead atoms. The van der Waals surface area contributed by atoms with E-state index < -0.39 is 21.9 Å². The molecule has 1 nitrogen and oxygen atoms in total. The molecule has 2 rings (SSSR count). The Morgan fingerprint density at radius 1 is 1.19 bits per heavy atom. The van der Waals surface area contributed by atoms with E-state index in [1.165, 1.54) is 0 Å². The highest BCUT2D eigenvalue weighted by molar-refractivity contribution is 9.10. The summed E-state index contributed by atoms with van der Waals surface area (Å²) in [4.78, 5) is 0. The van der Waals surface area contributed by atoms with Crippen LogP contribution in [-0.4, -0.2) is 6.54 Å². The summed E-state index contributed by atoms with van der Waals surface area (Å²) in [6.45, 7) is 0.753. The number of halogens is 4. The first kappa shape index (κ1) is 11.9. The Morgan fingerprint density at radius 2 is 1.94 bits per heavy atom. The zero-order valence-corrected chi connectivity index (χ0v) is 10.1. The summed E-state index contributed by atoms with van der Waals surface area (Å²) in [5.74, 6) is -2.88. The molecule has 1 aliphatic rings. The molecule has 0 aliphatic carbocycles. The Labute approximate surface area is 100 Å². The molecule has 1 heterocycles. The van der Waals surface area contributed by atoms with Crippen LogP contribution in [0.15, 0.2) is 10.5 Å². The first-order valence-corrected chi connectivity index (χ1v) is 5.97. The average Bonchev–Trinajstić information content (AvgIpc) is 2.32. The van der Waals surface area contributed by atoms with Crippen molar-refractivity contribution in [2.45, 2.75) is 25.3 Å². The molecule has 16 heavy (non-hydrogen) atoms. The quantitative estimate of drug-likeness (QED) is 0.615. The Bertz CT molecular complexity index is 403. The van der Waals surface area contributed by atoms with Gasteiger partial charge in [-0.1, -0.05) is 6.42 Å². The van der Waals surface area contributed by atoms with Crippen LogP contribution in [0.2, 0.25) is 0 Å². The van der Waals surface area contributed by atoms with Gasteiger partial charge >= 0.3 is 0 Å². The fourth-order valence-corrected chi connectivity index (χ4v) is 2.25. The van der Waals surface area contributed by atoms with Gasteiger partial charge in [0, 0.05) is 11.6 Å². The molecule has 0 aromatic heterocycles. The summed E-state index contributed by atoms with van der Waals surface area (Å²) in [7, 11) is 0. The molecule has 1 saturated heterocycles. The van der Waals surface area contributed by atoms with Crippen LogP contribution in [0.5, 0.6) is 0 Å². The van der Waals surface area contributed by atoms with Crippen molar-refractivity contribution in [3.05, 3.63) is 33.6 Å². The summed E-state index contributed by atoms with van der Waals surface area (Å²) in [6.07, 6.45) is 2.66. The van der Waals surface area contributed by atoms with Gasteiger partial charge in [-0.15, -0.1) is 0 Å². The molecular weight excluding hydrogens is 283 g/mol. The maximum absolute atomic E-state index is 13.6. The minimum absolute atomic E-state index is 0.0814. The molecule has 1 aromatic carbocycles. The minimum Gasteiger partial charge on any atom is -0.310 e. The van der Waals surface area contributed by atoms with Gasteiger partial charge in [-0.2, -0.15) is 0 Å². The van der Waals surface area contributed by atoms with E-state index in [0.29, 0.717) is 6.42 Å². The maximum atomic E-state index is 13.6. The van der Waals surface area contributed by atoms with Crippen molar-refractivity contribution in [2.24, 2.45) is 0 Å². The van der Waals surface area contributed by atoms with E-state index in [4.69, 9.17) is 0 Å². The summed E-state index contributed by atoms with van der Waals surface area (Å²) in [5, 5.41) is 3.06. The van der Waals surface area contributed by atoms with Gasteiger partial charge in [0.15, 0.2) is 11.6 Å². The lowest BCUT2D eigenvalue weighted by molar-refractivity contribution is 0.386. The van der Waals surface area contributed by atoms with Crippen molar-refractivity contribution in [3.8, 4) is 0 Å². The number of nitrogens with one attached hydrogen (secondary N) is 1. The Kier molecular flexibility index (Phi) is 3.54. The molecule has 5 heteroatoms. The molecule has 0 saturated carbocycles. The van der Waals surface area contributed by atoms with E-state index in [9.17, 15) is 13.2 Å². The fourth-order valence-electron chi connectivity index (χ4n) is 1.96. The van der Waals surface area contributed by atoms with Crippen molar-refractivity contribution in [2.75, 3.05) is 6.54 Å². The van der Waals surface area contributed by atoms with Crippen molar-refractivity contribution in [3.63, 3.8) is 0 Å². The van der Waals surface area contributed by atoms with Crippen LogP contribution >= 0.6 is 15.9 Å². The van der Waals surface area contributed by atoms with Crippen LogP contribution in [0, 0.1) is 17.5 Å². The van der Waals surface area contributed by atoms with Crippen LogP contribution in [-0.2, 0) is 0 Å². The second kappa shape index (κ2) is 4.75. The summed E-state index contributed by atoms with van der Waals surface area (Å²) in [5.41, 5.74) is 0.0814. The van der Waals surface area contributed by atoms with Crippen LogP contribution in [0.4, 0.5) is 13.2 Å². The second-order valence-electron chi connectivity index (χ2n) is 3.89. The number of piperidine rings is 1. The van der Waals surface area contributed by atoms with Crippen LogP contribution in [0.25, 0.3) is 0 Å². The molecule has 1 aliphatic heterocycles. The maximum Gasteiger partial charge on any atom is 0.176 e. The number of benzene rings is 1. The normalized spacial score (nSPS) is 21.1. The number of hydrogen-bond acceptors (Lipinski definition) is 1. The predicted molar refractivity (Wildman–Crippen MR) is 58.6 cm³/mol. The zero-order valence-electron chi connectivity index (χ0n) is 8.49. The fraction of sp³-hybridized carbons (Fsp3) is 0.455. The van der Waals surface area contributed by atoms with Gasteiger partial charge in [0.05, 0.1) is 4.47 Å². The van der Waals surface area contributed by atoms with Crippen molar-refractivity contribution >= 4 is 15.9 Å². The number of rotatable bonds is 1. The van der Waals surface area contributed by atoms with Crippen molar-refractivity contribution in [1.29, 1.82) is 0 Å². The molecule has 1 aromatic rings. The molecule has 0 amide bonds. The predicted octanol–water partition coefficient (Wildman–Crippen LogP) is 3.68. The third-order valence-electron chi connectivity index (χ3n) is 2.82. The highest BCUT2D eigenvalue weighted by atomic mass is 79.9. The lowest BCUT2D eigenvalue weighted by atomic mass is 9.97. The Morgan fingerprint density at radius 3 is 2.56 bits per heavy atom. The monoisotopic (exact) mass is 293 g/mol. The van der Waals surface area contributed by atoms with E-state index in [1.54, 1.807) is 0 Å². The van der Waals surface area contributed by atoms with E-state index in [0.717, 1.165) is 25.5 Å². The molecule has 1 atom stereocenters. The lowest BCUT2D eigenvalue weighted by Crippen LogP contribution is -2.28. The van der Waals surface area contributed by atoms with Crippen molar-refractivity contribution in [1.82, 2.24) is 5.32 Å². The van der Waals surface area contributed by atoms with Gasteiger partial charge in [0.1, 0.15) is 5.82 Å². The van der Waals surface area contributed by atoms with Gasteiger partial charge in [0.2, 0.25) is 0 Å². The highest BCUT2D eigenvalue weighted by Crippen LogP contribution is 2.31. The van der Waals surface area contributed by atoms with Gasteiger partial charge in [-0.3, -0.25) is 0 Å². The third-order valence-corrected chi connectivity index (χ3v) is 3.54. The average molecular weight is 294 g/mol. The summed E-state index contributed by atoms with van der Waals surface area (Å²) < 4.78 is 39.8. The van der Waals surface area contributed by atoms with Crippen LogP contribution in [0.3, 0.4) is 0 Å². The third kappa shape index (κ3) is 2.11. The Hall–Kier alpha value is -0.550. The standard InChI is InChI=1S/C11H11BrF3N/c12-9-7(13)5-6(10(14)11(9)15)8-3-1-2-4-16-8/h5,8,16H,1-4H2. The topological polar surface area (TPSA) is 12.0 Å². The second-order valence-corrected chi connectivity index (χ2v) is 4.69. The molecule has 1 unspecified atom stereocenters. The first-order chi connectivity index (χ1) is 7.61. The molecule has 88 valence electrons. The molecule has 1 fully saturated rings. The van der Waals surface area contributed by atoms with Gasteiger partial charge in [-0.25, -0.2) is 13.2 Å². The van der Waals surface area contributed by atoms with E-state index in [2.05, 4.69) is 21.2 Å². The van der Waals surface area contributed by atoms with Crippen molar-refractivity contribution < 1.29 is 13.2 Å². The van der Waals surface area contributed by atoms with Gasteiger partial charge in [0.25, 0.3) is 0 Å². The van der Waals surface area contributed by atoms with Gasteiger partial charge in [-0.05, 0) is 41.4 Å². The summed E-state index contributed by atoms with van der Waals surface area (Å²) >= 11 is 2.68. The van der Waals surface area contributed by atoms with E-state index >= 15 is 0 Å². The van der Waals surface area contributed by atoms with Crippen LogP contribution < -0.4 is 5.32 Å². The van der Waals surface area contributed by atoms with Gasteiger partial charge < -0.3 is 5.32 Å². The van der Waals surface area contributed by atoms with Crippen LogP contribution in [0.1, 0.15) is 30.9 Å². The SMILES string of the molecule is Fc1cc(C2CCCCN2)c(F)c(F)c1Br. The highest BCUT2D eigenvalue weighted by Gasteiger charge is 2.23. The minimum atomic E-state index is -1.15. The van der Waals surface area contributed by atoms with E-state index in [1.807, 2.05) is 0 Å². The molecule has 0 spiro atoms. The van der Waals surface area contributed by atoms with E-state index in [-0.39, 0.29) is 11.6 Å². The largest absolute Gasteiger partial charge is 0.310 e. The smallest absolute Gasteiger partial charge is 0.176 e. The zero-order chi connectivity index (χ0) is 11.7. The number of hydrogen-bond donors (Lipinski definition) is 1. The molecular formula is C11H11BrF3N.